The van der Waals surface area contributed by atoms with E-state index in [2.05, 4.69) is 29.8 Å². The van der Waals surface area contributed by atoms with Crippen molar-refractivity contribution in [2.24, 2.45) is 0 Å². The Bertz CT molecular complexity index is 2010. The van der Waals surface area contributed by atoms with E-state index < -0.39 is 74.7 Å². The zero-order valence-corrected chi connectivity index (χ0v) is 30.6. The van der Waals surface area contributed by atoms with Gasteiger partial charge in [0.2, 0.25) is 5.91 Å². The number of aromatic nitrogens is 1. The summed E-state index contributed by atoms with van der Waals surface area (Å²) in [6, 6.07) is 9.11. The van der Waals surface area contributed by atoms with Crippen LogP contribution in [0.5, 0.6) is 0 Å². The minimum absolute atomic E-state index is 0.0562. The molecule has 4 atom stereocenters. The van der Waals surface area contributed by atoms with Gasteiger partial charge in [-0.2, -0.15) is 27.0 Å². The minimum Gasteiger partial charge on any atom is -0.309 e. The first kappa shape index (κ1) is 40.7. The third kappa shape index (κ3) is 10.2. The fourth-order valence-corrected chi connectivity index (χ4v) is 7.14. The largest absolute Gasteiger partial charge is 0.418 e. The van der Waals surface area contributed by atoms with E-state index in [0.717, 1.165) is 10.5 Å². The van der Waals surface area contributed by atoms with E-state index in [1.165, 1.54) is 22.2 Å². The minimum atomic E-state index is -4.86. The number of nitrogens with one attached hydrogen (secondary N) is 3. The molecule has 1 aromatic heterocycles. The molecular weight excluding hydrogens is 775 g/mol. The number of rotatable bonds is 10. The number of hydrazine groups is 2. The highest BCUT2D eigenvalue weighted by Gasteiger charge is 2.50. The smallest absolute Gasteiger partial charge is 0.309 e. The standard InChI is InChI=1S/C17H22N4O7S.C13H15N5O7S/c1-2-20(15(22)10-12-6-4-3-5-7-12)18-16(23)14-9-8-13-11-19(14)17(24)21(13)28-29(25,26)27;19-11(9-3-1-2-6-14-9)15-16-12(20)10-5-4-8-7-17(10)13(21)18(8)25-26(22,23)24/h3-7,13-14H,2,8-11H2,1H3,(H,18,23)(H,25,26,27);1-3,6,8,10H,4-5,7H2,(H,15,19)(H,16,20)(H,22,23,24)/t13-,14+;8-,10+/m11/s1. The lowest BCUT2D eigenvalue weighted by atomic mass is 10.0. The van der Waals surface area contributed by atoms with E-state index in [-0.39, 0.29) is 56.9 Å². The highest BCUT2D eigenvalue weighted by molar-refractivity contribution is 7.81. The topological polar surface area (TPSA) is 295 Å². The number of nitrogens with zero attached hydrogens (tertiary/aromatic N) is 6. The molecule has 25 heteroatoms. The second-order valence-corrected chi connectivity index (χ2v) is 14.5. The number of benzene rings is 1. The first-order chi connectivity index (χ1) is 26.0. The second kappa shape index (κ2) is 16.9. The summed E-state index contributed by atoms with van der Waals surface area (Å²) in [6.07, 6.45) is 2.61. The lowest BCUT2D eigenvalue weighted by molar-refractivity contribution is -0.143. The number of carbonyl (C=O) groups excluding carboxylic acids is 6. The highest BCUT2D eigenvalue weighted by Crippen LogP contribution is 2.32. The van der Waals surface area contributed by atoms with Gasteiger partial charge >= 0.3 is 32.9 Å². The molecule has 2 aromatic rings. The molecule has 23 nitrogen and oxygen atoms in total. The van der Waals surface area contributed by atoms with Crippen LogP contribution in [0.3, 0.4) is 0 Å². The fraction of sp³-hybridized carbons (Fsp3) is 0.433. The molecule has 0 spiro atoms. The molecule has 4 bridgehead atoms. The summed E-state index contributed by atoms with van der Waals surface area (Å²) in [5.41, 5.74) is 7.87. The van der Waals surface area contributed by atoms with Crippen LogP contribution in [-0.4, -0.2) is 135 Å². The van der Waals surface area contributed by atoms with Gasteiger partial charge in [0.15, 0.2) is 0 Å². The Kier molecular flexibility index (Phi) is 12.5. The second-order valence-electron chi connectivity index (χ2n) is 12.5. The number of piperidine rings is 2. The van der Waals surface area contributed by atoms with Crippen molar-refractivity contribution in [3.05, 3.63) is 66.0 Å². The van der Waals surface area contributed by atoms with Crippen molar-refractivity contribution in [3.63, 3.8) is 0 Å². The van der Waals surface area contributed by atoms with Gasteiger partial charge in [-0.05, 0) is 50.3 Å². The number of fused-ring (bicyclic) bond motifs is 4. The van der Waals surface area contributed by atoms with Gasteiger partial charge in [-0.3, -0.25) is 54.6 Å². The van der Waals surface area contributed by atoms with Crippen LogP contribution in [0.15, 0.2) is 54.7 Å². The Morgan fingerprint density at radius 3 is 1.80 bits per heavy atom. The molecule has 4 aliphatic heterocycles. The van der Waals surface area contributed by atoms with E-state index in [9.17, 15) is 45.6 Å². The molecule has 4 saturated heterocycles. The van der Waals surface area contributed by atoms with Crippen molar-refractivity contribution >= 4 is 56.5 Å². The molecule has 5 heterocycles. The van der Waals surface area contributed by atoms with Gasteiger partial charge in [0.1, 0.15) is 17.8 Å². The van der Waals surface area contributed by atoms with Gasteiger partial charge in [0.25, 0.3) is 17.7 Å². The summed E-state index contributed by atoms with van der Waals surface area (Å²) in [6.45, 7) is 2.08. The van der Waals surface area contributed by atoms with Crippen LogP contribution in [0.4, 0.5) is 9.59 Å². The summed E-state index contributed by atoms with van der Waals surface area (Å²) >= 11 is 0. The molecule has 5 N–H and O–H groups in total. The van der Waals surface area contributed by atoms with Crippen molar-refractivity contribution in [2.45, 2.75) is 63.2 Å². The maximum Gasteiger partial charge on any atom is 0.418 e. The van der Waals surface area contributed by atoms with Crippen molar-refractivity contribution in [2.75, 3.05) is 19.6 Å². The molecule has 6 rings (SSSR count). The molecule has 1 aromatic carbocycles. The predicted molar refractivity (Wildman–Crippen MR) is 182 cm³/mol. The molecule has 0 unspecified atom stereocenters. The van der Waals surface area contributed by atoms with Gasteiger partial charge in [0, 0.05) is 25.8 Å². The number of hydrogen-bond donors (Lipinski definition) is 5. The molecular formula is C30H37N9O14S2. The zero-order chi connectivity index (χ0) is 40.1. The number of amides is 8. The SMILES string of the molecule is CCN(NC(=O)[C@@H]1CC[C@@H]2CN1C(=O)N2OS(=O)(=O)O)C(=O)Cc1ccccc1.O=C(NNC(=O)[C@@H]1CC[C@@H]2CN1C(=O)N2OS(=O)(=O)O)c1ccccn1. The summed E-state index contributed by atoms with van der Waals surface area (Å²) in [4.78, 5) is 80.1. The molecule has 55 heavy (non-hydrogen) atoms. The number of pyridine rings is 1. The fourth-order valence-electron chi connectivity index (χ4n) is 6.36. The van der Waals surface area contributed by atoms with E-state index >= 15 is 0 Å². The van der Waals surface area contributed by atoms with Gasteiger partial charge in [0.05, 0.1) is 18.5 Å². The van der Waals surface area contributed by atoms with Crippen molar-refractivity contribution in [3.8, 4) is 0 Å². The molecule has 298 valence electrons. The molecule has 4 aliphatic rings. The van der Waals surface area contributed by atoms with Gasteiger partial charge in [-0.1, -0.05) is 36.4 Å². The van der Waals surface area contributed by atoms with Gasteiger partial charge < -0.3 is 9.80 Å². The first-order valence-corrected chi connectivity index (χ1v) is 19.4. The third-order valence-corrected chi connectivity index (χ3v) is 9.56. The molecule has 0 saturated carbocycles. The first-order valence-electron chi connectivity index (χ1n) is 16.7. The molecule has 0 radical (unpaired) electrons. The van der Waals surface area contributed by atoms with Crippen LogP contribution in [-0.2, 0) is 50.2 Å². The Balaban J connectivity index is 0.000000212. The van der Waals surface area contributed by atoms with Crippen molar-refractivity contribution in [1.82, 2.24) is 46.2 Å². The maximum absolute atomic E-state index is 12.7. The Hall–Kier alpha value is -5.47. The Labute approximate surface area is 314 Å². The van der Waals surface area contributed by atoms with Crippen LogP contribution < -0.4 is 16.3 Å². The Morgan fingerprint density at radius 2 is 1.31 bits per heavy atom. The zero-order valence-electron chi connectivity index (χ0n) is 29.0. The molecule has 4 fully saturated rings. The van der Waals surface area contributed by atoms with Gasteiger partial charge in [-0.25, -0.2) is 9.59 Å². The van der Waals surface area contributed by atoms with E-state index in [1.807, 2.05) is 30.3 Å². The van der Waals surface area contributed by atoms with E-state index in [1.54, 1.807) is 19.1 Å². The lowest BCUT2D eigenvalue weighted by Gasteiger charge is -2.31. The van der Waals surface area contributed by atoms with Crippen molar-refractivity contribution < 1.29 is 63.3 Å². The van der Waals surface area contributed by atoms with Crippen LogP contribution in [0.1, 0.15) is 48.7 Å². The average molecular weight is 812 g/mol. The predicted octanol–water partition coefficient (Wildman–Crippen LogP) is -1.04. The summed E-state index contributed by atoms with van der Waals surface area (Å²) < 4.78 is 69.8. The van der Waals surface area contributed by atoms with Crippen molar-refractivity contribution in [1.29, 1.82) is 0 Å². The number of hydrogen-bond acceptors (Lipinski definition) is 13. The number of hydroxylamine groups is 4. The molecule has 8 amide bonds. The van der Waals surface area contributed by atoms with E-state index in [0.29, 0.717) is 16.5 Å². The van der Waals surface area contributed by atoms with Crippen LogP contribution in [0.25, 0.3) is 0 Å². The van der Waals surface area contributed by atoms with Gasteiger partial charge in [-0.15, -0.1) is 8.57 Å². The third-order valence-electron chi connectivity index (χ3n) is 8.86. The summed E-state index contributed by atoms with van der Waals surface area (Å²) in [7, 11) is -9.71. The average Bonchev–Trinajstić information content (AvgIpc) is 3.51. The maximum atomic E-state index is 12.7. The quantitative estimate of drug-likeness (QED) is 0.141. The molecule has 0 aliphatic carbocycles. The van der Waals surface area contributed by atoms with Crippen LogP contribution in [0, 0.1) is 0 Å². The number of likely N-dealkylation sites (N-methyl/N-ethyl adjacent to an activating group) is 1. The number of urea groups is 2. The van der Waals surface area contributed by atoms with Crippen LogP contribution >= 0.6 is 0 Å². The van der Waals surface area contributed by atoms with E-state index in [4.69, 9.17) is 9.11 Å². The highest BCUT2D eigenvalue weighted by atomic mass is 32.3. The number of carbonyl (C=O) groups is 6. The normalized spacial score (nSPS) is 21.7. The summed E-state index contributed by atoms with van der Waals surface area (Å²) in [5.74, 6) is -2.12. The lowest BCUT2D eigenvalue weighted by Crippen LogP contribution is -2.55. The summed E-state index contributed by atoms with van der Waals surface area (Å²) in [5, 5.41) is 2.30. The monoisotopic (exact) mass is 811 g/mol. The Morgan fingerprint density at radius 1 is 0.782 bits per heavy atom. The van der Waals surface area contributed by atoms with Crippen LogP contribution in [0.2, 0.25) is 0 Å².